The van der Waals surface area contributed by atoms with E-state index in [4.69, 9.17) is 0 Å². The summed E-state index contributed by atoms with van der Waals surface area (Å²) in [5.74, 6) is -1.43. The second-order valence-electron chi connectivity index (χ2n) is 5.25. The number of rotatable bonds is 2. The average Bonchev–Trinajstić information content (AvgIpc) is 2.37. The van der Waals surface area contributed by atoms with Gasteiger partial charge in [0.25, 0.3) is 11.6 Å². The first-order valence-corrected chi connectivity index (χ1v) is 6.26. The molecule has 7 heteroatoms. The lowest BCUT2D eigenvalue weighted by Gasteiger charge is -2.36. The molecule has 0 bridgehead atoms. The Labute approximate surface area is 115 Å². The van der Waals surface area contributed by atoms with Gasteiger partial charge in [-0.3, -0.25) is 14.9 Å². The number of aliphatic hydroxyl groups is 1. The van der Waals surface area contributed by atoms with E-state index in [-0.39, 0.29) is 17.8 Å². The molecule has 20 heavy (non-hydrogen) atoms. The van der Waals surface area contributed by atoms with Crippen LogP contribution in [0.4, 0.5) is 10.1 Å². The minimum atomic E-state index is -1.01. The van der Waals surface area contributed by atoms with E-state index in [1.165, 1.54) is 4.90 Å². The maximum absolute atomic E-state index is 13.7. The zero-order valence-electron chi connectivity index (χ0n) is 11.0. The lowest BCUT2D eigenvalue weighted by atomic mass is 9.94. The van der Waals surface area contributed by atoms with Gasteiger partial charge in [0.15, 0.2) is 0 Å². The Balaban J connectivity index is 2.29. The molecular weight excluding hydrogens is 267 g/mol. The maximum atomic E-state index is 13.7. The molecule has 1 amide bonds. The largest absolute Gasteiger partial charge is 0.388 e. The fourth-order valence-corrected chi connectivity index (χ4v) is 2.35. The number of nitro groups is 1. The number of amides is 1. The molecule has 0 radical (unpaired) electrons. The number of piperidine rings is 1. The Morgan fingerprint density at radius 3 is 2.85 bits per heavy atom. The van der Waals surface area contributed by atoms with Crippen LogP contribution in [0.25, 0.3) is 0 Å². The van der Waals surface area contributed by atoms with Crippen molar-refractivity contribution in [3.63, 3.8) is 0 Å². The van der Waals surface area contributed by atoms with E-state index in [1.54, 1.807) is 6.92 Å². The van der Waals surface area contributed by atoms with Gasteiger partial charge in [-0.25, -0.2) is 4.39 Å². The molecule has 1 fully saturated rings. The average molecular weight is 282 g/mol. The molecule has 1 N–H and O–H groups in total. The standard InChI is InChI=1S/C13H15FN2O4/c1-13(18)5-2-6-15(8-13)12(17)10-7-9(16(19)20)3-4-11(10)14/h3-4,7,18H,2,5-6,8H2,1H3. The van der Waals surface area contributed by atoms with Crippen molar-refractivity contribution in [1.82, 2.24) is 4.90 Å². The molecule has 1 unspecified atom stereocenters. The smallest absolute Gasteiger partial charge is 0.270 e. The van der Waals surface area contributed by atoms with Crippen LogP contribution in [-0.4, -0.2) is 39.5 Å². The lowest BCUT2D eigenvalue weighted by Crippen LogP contribution is -2.48. The minimum absolute atomic E-state index is 0.0912. The van der Waals surface area contributed by atoms with Gasteiger partial charge in [0.1, 0.15) is 5.82 Å². The molecule has 0 saturated carbocycles. The first kappa shape index (κ1) is 14.4. The second kappa shape index (κ2) is 5.16. The number of hydrogen-bond acceptors (Lipinski definition) is 4. The summed E-state index contributed by atoms with van der Waals surface area (Å²) in [5.41, 5.74) is -1.68. The molecular formula is C13H15FN2O4. The molecule has 1 heterocycles. The summed E-state index contributed by atoms with van der Waals surface area (Å²) in [6.45, 7) is 2.10. The van der Waals surface area contributed by atoms with Gasteiger partial charge in [0.05, 0.1) is 16.1 Å². The van der Waals surface area contributed by atoms with Gasteiger partial charge in [0, 0.05) is 25.2 Å². The Kier molecular flexibility index (Phi) is 3.71. The molecule has 6 nitrogen and oxygen atoms in total. The molecule has 1 aromatic rings. The van der Waals surface area contributed by atoms with Gasteiger partial charge < -0.3 is 10.0 Å². The third-order valence-electron chi connectivity index (χ3n) is 3.35. The van der Waals surface area contributed by atoms with Crippen molar-refractivity contribution < 1.29 is 19.2 Å². The van der Waals surface area contributed by atoms with E-state index < -0.39 is 22.2 Å². The summed E-state index contributed by atoms with van der Waals surface area (Å²) in [6, 6.07) is 2.85. The van der Waals surface area contributed by atoms with Crippen LogP contribution in [0.5, 0.6) is 0 Å². The van der Waals surface area contributed by atoms with Gasteiger partial charge in [-0.05, 0) is 25.8 Å². The van der Waals surface area contributed by atoms with Crippen molar-refractivity contribution in [2.24, 2.45) is 0 Å². The summed E-state index contributed by atoms with van der Waals surface area (Å²) in [6.07, 6.45) is 1.17. The molecule has 1 aromatic carbocycles. The topological polar surface area (TPSA) is 83.7 Å². The lowest BCUT2D eigenvalue weighted by molar-refractivity contribution is -0.384. The van der Waals surface area contributed by atoms with Crippen molar-refractivity contribution in [3.05, 3.63) is 39.7 Å². The normalized spacial score (nSPS) is 22.6. The Hall–Kier alpha value is -2.02. The molecule has 0 spiro atoms. The molecule has 0 aliphatic carbocycles. The third-order valence-corrected chi connectivity index (χ3v) is 3.35. The highest BCUT2D eigenvalue weighted by atomic mass is 19.1. The van der Waals surface area contributed by atoms with Crippen LogP contribution in [0.3, 0.4) is 0 Å². The Morgan fingerprint density at radius 1 is 1.55 bits per heavy atom. The van der Waals surface area contributed by atoms with Crippen molar-refractivity contribution in [2.75, 3.05) is 13.1 Å². The van der Waals surface area contributed by atoms with E-state index in [2.05, 4.69) is 0 Å². The fourth-order valence-electron chi connectivity index (χ4n) is 2.35. The minimum Gasteiger partial charge on any atom is -0.388 e. The first-order chi connectivity index (χ1) is 9.30. The summed E-state index contributed by atoms with van der Waals surface area (Å²) in [4.78, 5) is 23.6. The van der Waals surface area contributed by atoms with Crippen LogP contribution in [0.2, 0.25) is 0 Å². The number of non-ortho nitro benzene ring substituents is 1. The number of halogens is 1. The predicted octanol–water partition coefficient (Wildman–Crippen LogP) is 1.72. The highest BCUT2D eigenvalue weighted by Gasteiger charge is 2.32. The molecule has 108 valence electrons. The van der Waals surface area contributed by atoms with Gasteiger partial charge >= 0.3 is 0 Å². The number of carbonyl (C=O) groups is 1. The number of hydrogen-bond donors (Lipinski definition) is 1. The number of carbonyl (C=O) groups excluding carboxylic acids is 1. The number of nitro benzene ring substituents is 1. The van der Waals surface area contributed by atoms with E-state index in [1.807, 2.05) is 0 Å². The third kappa shape index (κ3) is 2.93. The number of β-amino-alcohol motifs (C(OH)–C–C–N with tert-alkyl or cyclic N) is 1. The van der Waals surface area contributed by atoms with Gasteiger partial charge in [-0.2, -0.15) is 0 Å². The van der Waals surface area contributed by atoms with Crippen LogP contribution >= 0.6 is 0 Å². The molecule has 1 saturated heterocycles. The quantitative estimate of drug-likeness (QED) is 0.661. The Morgan fingerprint density at radius 2 is 2.25 bits per heavy atom. The summed E-state index contributed by atoms with van der Waals surface area (Å²) in [5, 5.41) is 20.6. The molecule has 1 atom stereocenters. The first-order valence-electron chi connectivity index (χ1n) is 6.26. The fraction of sp³-hybridized carbons (Fsp3) is 0.462. The summed E-state index contributed by atoms with van der Waals surface area (Å²) < 4.78 is 13.7. The van der Waals surface area contributed by atoms with Crippen molar-refractivity contribution in [1.29, 1.82) is 0 Å². The van der Waals surface area contributed by atoms with E-state index in [9.17, 15) is 24.4 Å². The van der Waals surface area contributed by atoms with E-state index in [0.29, 0.717) is 19.4 Å². The van der Waals surface area contributed by atoms with Crippen LogP contribution in [0.1, 0.15) is 30.1 Å². The van der Waals surface area contributed by atoms with Crippen LogP contribution < -0.4 is 0 Å². The Bertz CT molecular complexity index is 559. The van der Waals surface area contributed by atoms with Crippen molar-refractivity contribution >= 4 is 11.6 Å². The second-order valence-corrected chi connectivity index (χ2v) is 5.25. The SMILES string of the molecule is CC1(O)CCCN(C(=O)c2cc([N+](=O)[O-])ccc2F)C1. The van der Waals surface area contributed by atoms with Gasteiger partial charge in [0.2, 0.25) is 0 Å². The summed E-state index contributed by atoms with van der Waals surface area (Å²) >= 11 is 0. The predicted molar refractivity (Wildman–Crippen MR) is 68.8 cm³/mol. The van der Waals surface area contributed by atoms with Crippen LogP contribution in [0.15, 0.2) is 18.2 Å². The molecule has 1 aliphatic heterocycles. The van der Waals surface area contributed by atoms with Gasteiger partial charge in [-0.15, -0.1) is 0 Å². The van der Waals surface area contributed by atoms with E-state index in [0.717, 1.165) is 18.2 Å². The number of benzene rings is 1. The van der Waals surface area contributed by atoms with Crippen molar-refractivity contribution in [2.45, 2.75) is 25.4 Å². The highest BCUT2D eigenvalue weighted by Crippen LogP contribution is 2.24. The van der Waals surface area contributed by atoms with Crippen LogP contribution in [0, 0.1) is 15.9 Å². The number of nitrogens with zero attached hydrogens (tertiary/aromatic N) is 2. The monoisotopic (exact) mass is 282 g/mol. The molecule has 1 aliphatic rings. The molecule has 2 rings (SSSR count). The molecule has 0 aromatic heterocycles. The van der Waals surface area contributed by atoms with Gasteiger partial charge in [-0.1, -0.05) is 0 Å². The maximum Gasteiger partial charge on any atom is 0.270 e. The zero-order chi connectivity index (χ0) is 14.9. The summed E-state index contributed by atoms with van der Waals surface area (Å²) in [7, 11) is 0. The highest BCUT2D eigenvalue weighted by molar-refractivity contribution is 5.95. The zero-order valence-corrected chi connectivity index (χ0v) is 11.0. The number of likely N-dealkylation sites (tertiary alicyclic amines) is 1. The van der Waals surface area contributed by atoms with E-state index >= 15 is 0 Å². The van der Waals surface area contributed by atoms with Crippen LogP contribution in [-0.2, 0) is 0 Å². The van der Waals surface area contributed by atoms with Crippen molar-refractivity contribution in [3.8, 4) is 0 Å².